The molecule has 2 aromatic heterocycles. The molecule has 8 nitrogen and oxygen atoms in total. The summed E-state index contributed by atoms with van der Waals surface area (Å²) < 4.78 is 46.8. The molecule has 15 heteroatoms. The Hall–Kier alpha value is -1.86. The molecule has 3 N–H and O–H groups in total. The van der Waals surface area contributed by atoms with Crippen molar-refractivity contribution in [2.45, 2.75) is 17.2 Å². The van der Waals surface area contributed by atoms with Gasteiger partial charge in [0.2, 0.25) is 0 Å². The van der Waals surface area contributed by atoms with Crippen molar-refractivity contribution in [3.63, 3.8) is 0 Å². The van der Waals surface area contributed by atoms with Crippen molar-refractivity contribution >= 4 is 79.4 Å². The molecule has 0 unspecified atom stereocenters. The predicted molar refractivity (Wildman–Crippen MR) is 134 cm³/mol. The number of halogens is 5. The molecule has 0 radical (unpaired) electrons. The number of carbonyl (C=O) groups excluding carboxylic acids is 1. The lowest BCUT2D eigenvalue weighted by atomic mass is 9.97. The molecule has 0 fully saturated rings. The number of fused-ring (bicyclic) bond motifs is 1. The molecule has 35 heavy (non-hydrogen) atoms. The molecule has 1 aliphatic rings. The summed E-state index contributed by atoms with van der Waals surface area (Å²) in [5.74, 6) is -0.717. The number of nitrogens with zero attached hydrogens (tertiary/aromatic N) is 1. The molecule has 4 rings (SSSR count). The summed E-state index contributed by atoms with van der Waals surface area (Å²) in [5.41, 5.74) is 2.56. The van der Waals surface area contributed by atoms with Crippen molar-refractivity contribution in [2.75, 3.05) is 13.2 Å². The highest BCUT2D eigenvalue weighted by molar-refractivity contribution is 7.92. The normalized spacial score (nSPS) is 15.0. The van der Waals surface area contributed by atoms with Crippen molar-refractivity contribution in [1.82, 2.24) is 20.2 Å². The van der Waals surface area contributed by atoms with Crippen LogP contribution < -0.4 is 10.0 Å². The number of benzene rings is 1. The number of thiophene rings is 1. The number of ether oxygens (including phenoxy) is 1. The van der Waals surface area contributed by atoms with E-state index in [1.54, 1.807) is 22.9 Å². The van der Waals surface area contributed by atoms with Crippen LogP contribution in [0.1, 0.15) is 22.5 Å². The van der Waals surface area contributed by atoms with Gasteiger partial charge in [-0.05, 0) is 23.8 Å². The molecule has 0 aliphatic carbocycles. The average molecular weight is 600 g/mol. The molecule has 3 aromatic rings. The van der Waals surface area contributed by atoms with E-state index in [0.29, 0.717) is 44.8 Å². The van der Waals surface area contributed by atoms with Gasteiger partial charge in [0.25, 0.3) is 10.0 Å². The second kappa shape index (κ2) is 10.6. The lowest BCUT2D eigenvalue weighted by molar-refractivity contribution is 0.142. The predicted octanol–water partition coefficient (Wildman–Crippen LogP) is 5.57. The fourth-order valence-electron chi connectivity index (χ4n) is 3.33. The topological polar surface area (TPSA) is 113 Å². The quantitative estimate of drug-likeness (QED) is 0.343. The van der Waals surface area contributed by atoms with Crippen LogP contribution in [0.5, 0.6) is 0 Å². The number of hydrogen-bond donors (Lipinski definition) is 3. The number of carbonyl (C=O) groups is 1. The van der Waals surface area contributed by atoms with Crippen LogP contribution in [0.3, 0.4) is 0 Å². The van der Waals surface area contributed by atoms with Gasteiger partial charge in [-0.25, -0.2) is 22.3 Å². The first kappa shape index (κ1) is 26.2. The van der Waals surface area contributed by atoms with Gasteiger partial charge >= 0.3 is 6.03 Å². The largest absolute Gasteiger partial charge is 0.370 e. The van der Waals surface area contributed by atoms with Crippen LogP contribution in [0.25, 0.3) is 5.57 Å². The van der Waals surface area contributed by atoms with Gasteiger partial charge in [0.1, 0.15) is 14.4 Å². The van der Waals surface area contributed by atoms with Crippen molar-refractivity contribution < 1.29 is 22.3 Å². The maximum Gasteiger partial charge on any atom is 0.329 e. The molecule has 1 aliphatic heterocycles. The summed E-state index contributed by atoms with van der Waals surface area (Å²) in [7, 11) is -4.23. The molecule has 0 spiro atoms. The molecular formula is C20H15Cl4FN4O4S2. The third-order valence-corrected chi connectivity index (χ3v) is 9.19. The third-order valence-electron chi connectivity index (χ3n) is 4.93. The van der Waals surface area contributed by atoms with E-state index >= 15 is 4.39 Å². The summed E-state index contributed by atoms with van der Waals surface area (Å²) >= 11 is 24.5. The zero-order chi connectivity index (χ0) is 25.3. The Morgan fingerprint density at radius 1 is 1.17 bits per heavy atom. The lowest BCUT2D eigenvalue weighted by Gasteiger charge is -2.18. The fourth-order valence-corrected chi connectivity index (χ4v) is 6.61. The van der Waals surface area contributed by atoms with E-state index in [1.807, 2.05) is 0 Å². The number of nitrogens with one attached hydrogen (secondary N) is 3. The van der Waals surface area contributed by atoms with Gasteiger partial charge in [-0.3, -0.25) is 5.10 Å². The van der Waals surface area contributed by atoms with Crippen LogP contribution in [-0.4, -0.2) is 37.8 Å². The number of aromatic amines is 1. The molecule has 186 valence electrons. The SMILES string of the molecule is O=C(NCC(F)=C1COCc2[nH]nc(Cc3ccc(Cl)cc3Cl)c21)NS(=O)(=O)c1cc(Cl)c(Cl)s1. The standard InChI is InChI=1S/C20H15Cl4FN4O4S2/c21-10-2-1-9(12(22)4-10)3-15-18-11(7-33-8-16(18)28-27-15)14(25)6-26-20(30)29-35(31,32)17-5-13(23)19(24)34-17/h1-2,4-5H,3,6-8H2,(H,27,28)(H2,26,29,30). The molecule has 2 amide bonds. The second-order valence-corrected chi connectivity index (χ2v) is 12.1. The Bertz CT molecular complexity index is 1420. The summed E-state index contributed by atoms with van der Waals surface area (Å²) in [6.07, 6.45) is 0.302. The Kier molecular flexibility index (Phi) is 7.96. The molecule has 0 saturated carbocycles. The Labute approximate surface area is 223 Å². The monoisotopic (exact) mass is 598 g/mol. The minimum Gasteiger partial charge on any atom is -0.370 e. The number of aromatic nitrogens is 2. The van der Waals surface area contributed by atoms with E-state index in [2.05, 4.69) is 15.5 Å². The summed E-state index contributed by atoms with van der Waals surface area (Å²) in [6, 6.07) is 5.04. The highest BCUT2D eigenvalue weighted by atomic mass is 35.5. The van der Waals surface area contributed by atoms with Gasteiger partial charge in [0, 0.05) is 27.6 Å². The van der Waals surface area contributed by atoms with Crippen molar-refractivity contribution in [1.29, 1.82) is 0 Å². The van der Waals surface area contributed by atoms with Crippen molar-refractivity contribution in [3.8, 4) is 0 Å². The maximum absolute atomic E-state index is 15.2. The van der Waals surface area contributed by atoms with E-state index in [1.165, 1.54) is 0 Å². The molecule has 3 heterocycles. The maximum atomic E-state index is 15.2. The molecule has 0 atom stereocenters. The van der Waals surface area contributed by atoms with Crippen molar-refractivity contribution in [2.24, 2.45) is 0 Å². The molecule has 1 aromatic carbocycles. The van der Waals surface area contributed by atoms with E-state index in [-0.39, 0.29) is 32.4 Å². The van der Waals surface area contributed by atoms with Gasteiger partial charge in [-0.15, -0.1) is 11.3 Å². The number of amides is 2. The van der Waals surface area contributed by atoms with E-state index in [4.69, 9.17) is 51.1 Å². The smallest absolute Gasteiger partial charge is 0.329 e. The van der Waals surface area contributed by atoms with E-state index in [9.17, 15) is 13.2 Å². The molecular weight excluding hydrogens is 585 g/mol. The molecule has 0 saturated heterocycles. The Morgan fingerprint density at radius 3 is 2.63 bits per heavy atom. The van der Waals surface area contributed by atoms with E-state index in [0.717, 1.165) is 11.6 Å². The third kappa shape index (κ3) is 5.93. The van der Waals surface area contributed by atoms with Gasteiger partial charge in [-0.1, -0.05) is 52.5 Å². The summed E-state index contributed by atoms with van der Waals surface area (Å²) in [5, 5.41) is 10.3. The number of sulfonamides is 1. The Morgan fingerprint density at radius 2 is 1.94 bits per heavy atom. The molecule has 0 bridgehead atoms. The lowest BCUT2D eigenvalue weighted by Crippen LogP contribution is -2.39. The van der Waals surface area contributed by atoms with E-state index < -0.39 is 28.4 Å². The minimum atomic E-state index is -4.23. The average Bonchev–Trinajstić information content (AvgIpc) is 3.37. The highest BCUT2D eigenvalue weighted by Crippen LogP contribution is 2.35. The fraction of sp³-hybridized carbons (Fsp3) is 0.200. The van der Waals surface area contributed by atoms with Gasteiger partial charge in [0.15, 0.2) is 0 Å². The van der Waals surface area contributed by atoms with Crippen LogP contribution in [-0.2, 0) is 27.8 Å². The van der Waals surface area contributed by atoms with Gasteiger partial charge in [0.05, 0.1) is 36.2 Å². The minimum absolute atomic E-state index is 0.0390. The zero-order valence-corrected chi connectivity index (χ0v) is 22.1. The van der Waals surface area contributed by atoms with Gasteiger partial charge in [-0.2, -0.15) is 5.10 Å². The van der Waals surface area contributed by atoms with Crippen LogP contribution in [0.15, 0.2) is 34.3 Å². The number of H-pyrrole nitrogens is 1. The summed E-state index contributed by atoms with van der Waals surface area (Å²) in [6.45, 7) is -0.448. The van der Waals surface area contributed by atoms with Gasteiger partial charge < -0.3 is 10.1 Å². The van der Waals surface area contributed by atoms with Crippen LogP contribution in [0, 0.1) is 0 Å². The number of rotatable bonds is 6. The first-order chi connectivity index (χ1) is 16.5. The van der Waals surface area contributed by atoms with Crippen LogP contribution >= 0.6 is 57.7 Å². The van der Waals surface area contributed by atoms with Crippen LogP contribution in [0.2, 0.25) is 19.4 Å². The first-order valence-electron chi connectivity index (χ1n) is 9.76. The van der Waals surface area contributed by atoms with Crippen LogP contribution in [0.4, 0.5) is 9.18 Å². The zero-order valence-electron chi connectivity index (χ0n) is 17.4. The number of hydrogen-bond acceptors (Lipinski definition) is 6. The van der Waals surface area contributed by atoms with Crippen molar-refractivity contribution in [3.05, 3.63) is 72.0 Å². The summed E-state index contributed by atoms with van der Waals surface area (Å²) in [4.78, 5) is 12.2. The Balaban J connectivity index is 1.50. The highest BCUT2D eigenvalue weighted by Gasteiger charge is 2.26. The number of urea groups is 1. The first-order valence-corrected chi connectivity index (χ1v) is 13.6. The second-order valence-electron chi connectivity index (χ2n) is 7.29.